The molecule has 0 bridgehead atoms. The number of nitrogens with zero attached hydrogens (tertiary/aromatic N) is 2. The topological polar surface area (TPSA) is 56.0 Å². The minimum atomic E-state index is -2.83. The fourth-order valence-electron chi connectivity index (χ4n) is 0.786. The summed E-state index contributed by atoms with van der Waals surface area (Å²) in [7, 11) is 0. The van der Waals surface area contributed by atoms with Crippen molar-refractivity contribution in [2.75, 3.05) is 0 Å². The Morgan fingerprint density at radius 1 is 1.50 bits per heavy atom. The lowest BCUT2D eigenvalue weighted by Crippen LogP contribution is -1.97. The summed E-state index contributed by atoms with van der Waals surface area (Å²) in [6.45, 7) is 0. The van der Waals surface area contributed by atoms with Crippen LogP contribution in [0.3, 0.4) is 0 Å². The zero-order valence-electron chi connectivity index (χ0n) is 6.38. The predicted molar refractivity (Wildman–Crippen MR) is 51.2 cm³/mol. The van der Waals surface area contributed by atoms with E-state index in [4.69, 9.17) is 0 Å². The van der Waals surface area contributed by atoms with Gasteiger partial charge in [0.1, 0.15) is 15.3 Å². The van der Waals surface area contributed by atoms with Crippen LogP contribution in [-0.4, -0.2) is 9.91 Å². The molecule has 0 saturated carbocycles. The lowest BCUT2D eigenvalue weighted by molar-refractivity contribution is -0.386. The molecule has 0 atom stereocenters. The summed E-state index contributed by atoms with van der Waals surface area (Å²) in [5.74, 6) is 0. The minimum absolute atomic E-state index is 0.107. The molecule has 1 aromatic heterocycles. The normalized spacial score (nSPS) is 10.6. The molecule has 0 unspecified atom stereocenters. The smallest absolute Gasteiger partial charge is 0.258 e. The SMILES string of the molecule is O=[N+]([O-])c1cnc(Br)c(C(F)F)c1Br. The highest BCUT2D eigenvalue weighted by molar-refractivity contribution is 9.11. The maximum atomic E-state index is 12.4. The molecule has 0 N–H and O–H groups in total. The Morgan fingerprint density at radius 2 is 2.07 bits per heavy atom. The standard InChI is InChI=1S/C6H2Br2F2N2O2/c7-4-2(12(13)14)1-11-5(8)3(4)6(9)10/h1,6H. The second kappa shape index (κ2) is 4.26. The second-order valence-electron chi connectivity index (χ2n) is 2.22. The fraction of sp³-hybridized carbons (Fsp3) is 0.167. The monoisotopic (exact) mass is 330 g/mol. The van der Waals surface area contributed by atoms with Gasteiger partial charge in [0.15, 0.2) is 0 Å². The van der Waals surface area contributed by atoms with Crippen LogP contribution in [0, 0.1) is 10.1 Å². The van der Waals surface area contributed by atoms with Crippen LogP contribution in [-0.2, 0) is 0 Å². The highest BCUT2D eigenvalue weighted by Crippen LogP contribution is 2.37. The van der Waals surface area contributed by atoms with E-state index in [9.17, 15) is 18.9 Å². The molecular formula is C6H2Br2F2N2O2. The number of pyridine rings is 1. The van der Waals surface area contributed by atoms with Gasteiger partial charge in [-0.25, -0.2) is 13.8 Å². The first-order chi connectivity index (χ1) is 6.45. The van der Waals surface area contributed by atoms with E-state index in [0.717, 1.165) is 6.20 Å². The summed E-state index contributed by atoms with van der Waals surface area (Å²) in [6.07, 6.45) is -1.92. The van der Waals surface area contributed by atoms with E-state index >= 15 is 0 Å². The molecule has 0 spiro atoms. The molecule has 0 saturated heterocycles. The molecule has 1 aromatic rings. The van der Waals surface area contributed by atoms with Gasteiger partial charge in [-0.3, -0.25) is 10.1 Å². The number of alkyl halides is 2. The zero-order chi connectivity index (χ0) is 10.9. The molecule has 1 rings (SSSR count). The van der Waals surface area contributed by atoms with Crippen LogP contribution < -0.4 is 0 Å². The molecular weight excluding hydrogens is 330 g/mol. The van der Waals surface area contributed by atoms with Crippen molar-refractivity contribution in [2.24, 2.45) is 0 Å². The number of aromatic nitrogens is 1. The van der Waals surface area contributed by atoms with Crippen molar-refractivity contribution in [1.29, 1.82) is 0 Å². The van der Waals surface area contributed by atoms with Crippen LogP contribution in [0.4, 0.5) is 14.5 Å². The molecule has 0 aliphatic rings. The first kappa shape index (κ1) is 11.4. The highest BCUT2D eigenvalue weighted by atomic mass is 79.9. The van der Waals surface area contributed by atoms with E-state index in [2.05, 4.69) is 36.8 Å². The molecule has 1 heterocycles. The summed E-state index contributed by atoms with van der Waals surface area (Å²) >= 11 is 5.53. The summed E-state index contributed by atoms with van der Waals surface area (Å²) < 4.78 is 24.5. The van der Waals surface area contributed by atoms with Crippen LogP contribution in [0.25, 0.3) is 0 Å². The number of rotatable bonds is 2. The van der Waals surface area contributed by atoms with Crippen LogP contribution in [0.2, 0.25) is 0 Å². The summed E-state index contributed by atoms with van der Waals surface area (Å²) in [5, 5.41) is 10.4. The Kier molecular flexibility index (Phi) is 3.48. The number of halogens is 4. The van der Waals surface area contributed by atoms with Crippen LogP contribution >= 0.6 is 31.9 Å². The lowest BCUT2D eigenvalue weighted by Gasteiger charge is -2.04. The minimum Gasteiger partial charge on any atom is -0.258 e. The Balaban J connectivity index is 3.41. The fourth-order valence-corrected chi connectivity index (χ4v) is 2.13. The molecule has 0 aromatic carbocycles. The second-order valence-corrected chi connectivity index (χ2v) is 3.76. The van der Waals surface area contributed by atoms with Gasteiger partial charge < -0.3 is 0 Å². The van der Waals surface area contributed by atoms with E-state index in [1.165, 1.54) is 0 Å². The molecule has 0 aliphatic carbocycles. The number of nitro groups is 1. The van der Waals surface area contributed by atoms with E-state index in [1.54, 1.807) is 0 Å². The molecule has 76 valence electrons. The van der Waals surface area contributed by atoms with Gasteiger partial charge in [-0.1, -0.05) is 0 Å². The van der Waals surface area contributed by atoms with E-state index in [1.807, 2.05) is 0 Å². The largest absolute Gasteiger partial charge is 0.302 e. The van der Waals surface area contributed by atoms with Crippen molar-refractivity contribution in [3.63, 3.8) is 0 Å². The summed E-state index contributed by atoms with van der Waals surface area (Å²) in [4.78, 5) is 13.0. The number of hydrogen-bond donors (Lipinski definition) is 0. The number of hydrogen-bond acceptors (Lipinski definition) is 3. The van der Waals surface area contributed by atoms with Crippen molar-refractivity contribution >= 4 is 37.5 Å². The van der Waals surface area contributed by atoms with Gasteiger partial charge in [0, 0.05) is 0 Å². The first-order valence-electron chi connectivity index (χ1n) is 3.21. The third kappa shape index (κ3) is 2.06. The molecule has 4 nitrogen and oxygen atoms in total. The van der Waals surface area contributed by atoms with E-state index in [0.29, 0.717) is 0 Å². The third-order valence-corrected chi connectivity index (χ3v) is 2.86. The van der Waals surface area contributed by atoms with Crippen molar-refractivity contribution < 1.29 is 13.7 Å². The van der Waals surface area contributed by atoms with Crippen LogP contribution in [0.15, 0.2) is 15.3 Å². The Labute approximate surface area is 93.7 Å². The molecule has 0 radical (unpaired) electrons. The molecule has 8 heteroatoms. The van der Waals surface area contributed by atoms with Crippen molar-refractivity contribution in [2.45, 2.75) is 6.43 Å². The Bertz CT molecular complexity index is 386. The van der Waals surface area contributed by atoms with Gasteiger partial charge in [0.25, 0.3) is 6.43 Å². The quantitative estimate of drug-likeness (QED) is 0.474. The lowest BCUT2D eigenvalue weighted by atomic mass is 10.3. The average Bonchev–Trinajstić information content (AvgIpc) is 2.02. The summed E-state index contributed by atoms with van der Waals surface area (Å²) in [6, 6.07) is 0. The first-order valence-corrected chi connectivity index (χ1v) is 4.80. The van der Waals surface area contributed by atoms with Crippen molar-refractivity contribution in [3.05, 3.63) is 31.0 Å². The zero-order valence-corrected chi connectivity index (χ0v) is 9.55. The predicted octanol–water partition coefficient (Wildman–Crippen LogP) is 3.45. The Morgan fingerprint density at radius 3 is 2.50 bits per heavy atom. The van der Waals surface area contributed by atoms with Gasteiger partial charge in [0.05, 0.1) is 10.5 Å². The maximum absolute atomic E-state index is 12.4. The van der Waals surface area contributed by atoms with Gasteiger partial charge >= 0.3 is 5.69 Å². The van der Waals surface area contributed by atoms with Crippen LogP contribution in [0.5, 0.6) is 0 Å². The highest BCUT2D eigenvalue weighted by Gasteiger charge is 2.24. The molecule has 0 fully saturated rings. The van der Waals surface area contributed by atoms with Crippen molar-refractivity contribution in [3.8, 4) is 0 Å². The van der Waals surface area contributed by atoms with Gasteiger partial charge in [-0.05, 0) is 31.9 Å². The average molecular weight is 332 g/mol. The summed E-state index contributed by atoms with van der Waals surface area (Å²) in [5.41, 5.74) is -0.997. The van der Waals surface area contributed by atoms with Crippen molar-refractivity contribution in [1.82, 2.24) is 4.98 Å². The Hall–Kier alpha value is -0.630. The molecule has 0 amide bonds. The molecule has 0 aliphatic heterocycles. The maximum Gasteiger partial charge on any atom is 0.302 e. The van der Waals surface area contributed by atoms with Crippen LogP contribution in [0.1, 0.15) is 12.0 Å². The van der Waals surface area contributed by atoms with Gasteiger partial charge in [-0.15, -0.1) is 0 Å². The van der Waals surface area contributed by atoms with E-state index < -0.39 is 22.6 Å². The van der Waals surface area contributed by atoms with Gasteiger partial charge in [0.2, 0.25) is 0 Å². The van der Waals surface area contributed by atoms with Gasteiger partial charge in [-0.2, -0.15) is 0 Å². The third-order valence-electron chi connectivity index (χ3n) is 1.40. The van der Waals surface area contributed by atoms with E-state index in [-0.39, 0.29) is 9.08 Å². The molecule has 14 heavy (non-hydrogen) atoms.